The summed E-state index contributed by atoms with van der Waals surface area (Å²) in [5.74, 6) is 0.153. The van der Waals surface area contributed by atoms with Gasteiger partial charge in [-0.25, -0.2) is 12.7 Å². The Morgan fingerprint density at radius 2 is 2.04 bits per heavy atom. The molecule has 0 fully saturated rings. The van der Waals surface area contributed by atoms with Crippen LogP contribution < -0.4 is 10.9 Å². The molecule has 9 heteroatoms. The van der Waals surface area contributed by atoms with E-state index in [0.29, 0.717) is 5.76 Å². The second kappa shape index (κ2) is 7.02. The number of aromatic nitrogens is 1. The molecule has 1 N–H and O–H groups in total. The van der Waals surface area contributed by atoms with Crippen LogP contribution in [0.15, 0.2) is 50.8 Å². The summed E-state index contributed by atoms with van der Waals surface area (Å²) in [6.07, 6.45) is 2.66. The average Bonchev–Trinajstić information content (AvgIpc) is 3.03. The molecule has 1 atom stereocenters. The average molecular weight is 353 g/mol. The molecule has 1 amide bonds. The molecular formula is C15H19N3O5S. The number of nitrogens with one attached hydrogen (secondary N) is 1. The minimum atomic E-state index is -3.68. The zero-order chi connectivity index (χ0) is 17.9. The summed E-state index contributed by atoms with van der Waals surface area (Å²) in [4.78, 5) is 23.9. The third-order valence-corrected chi connectivity index (χ3v) is 5.19. The van der Waals surface area contributed by atoms with Gasteiger partial charge in [-0.1, -0.05) is 0 Å². The van der Waals surface area contributed by atoms with Gasteiger partial charge in [0.25, 0.3) is 5.56 Å². The highest BCUT2D eigenvalue weighted by atomic mass is 32.2. The van der Waals surface area contributed by atoms with Crippen LogP contribution in [0.3, 0.4) is 0 Å². The largest absolute Gasteiger partial charge is 0.467 e. The standard InChI is InChI=1S/C15H19N3O5S/c1-11(13-5-4-8-23-13)16-14(19)10-18-9-12(6-7-15(18)20)24(21,22)17(2)3/h4-9,11H,10H2,1-3H3,(H,16,19)/t11-/m1/s1. The van der Waals surface area contributed by atoms with Crippen LogP contribution in [-0.2, 0) is 21.4 Å². The zero-order valence-electron chi connectivity index (χ0n) is 13.6. The van der Waals surface area contributed by atoms with Crippen LogP contribution in [-0.4, -0.2) is 37.3 Å². The second-order valence-electron chi connectivity index (χ2n) is 5.42. The molecule has 0 saturated carbocycles. The van der Waals surface area contributed by atoms with Gasteiger partial charge in [0.2, 0.25) is 15.9 Å². The van der Waals surface area contributed by atoms with Crippen molar-refractivity contribution in [2.24, 2.45) is 0 Å². The summed E-state index contributed by atoms with van der Waals surface area (Å²) in [7, 11) is -0.901. The molecule has 2 aromatic heterocycles. The molecule has 0 unspecified atom stereocenters. The SMILES string of the molecule is C[C@@H](NC(=O)Cn1cc(S(=O)(=O)N(C)C)ccc1=O)c1ccco1. The van der Waals surface area contributed by atoms with E-state index in [2.05, 4.69) is 5.32 Å². The molecule has 0 aliphatic carbocycles. The van der Waals surface area contributed by atoms with Crippen molar-refractivity contribution in [3.8, 4) is 0 Å². The van der Waals surface area contributed by atoms with E-state index in [1.165, 1.54) is 26.4 Å². The van der Waals surface area contributed by atoms with Crippen LogP contribution in [0.25, 0.3) is 0 Å². The maximum atomic E-state index is 12.1. The molecule has 0 aliphatic heterocycles. The maximum Gasteiger partial charge on any atom is 0.251 e. The Hall–Kier alpha value is -2.39. The van der Waals surface area contributed by atoms with E-state index >= 15 is 0 Å². The van der Waals surface area contributed by atoms with Gasteiger partial charge >= 0.3 is 0 Å². The van der Waals surface area contributed by atoms with E-state index < -0.39 is 21.5 Å². The molecule has 2 heterocycles. The number of carbonyl (C=O) groups excluding carboxylic acids is 1. The summed E-state index contributed by atoms with van der Waals surface area (Å²) in [6.45, 7) is 1.45. The highest BCUT2D eigenvalue weighted by Crippen LogP contribution is 2.13. The van der Waals surface area contributed by atoms with Crippen LogP contribution in [0.2, 0.25) is 0 Å². The van der Waals surface area contributed by atoms with Crippen LogP contribution in [0.4, 0.5) is 0 Å². The van der Waals surface area contributed by atoms with Gasteiger partial charge in [0.05, 0.1) is 17.2 Å². The van der Waals surface area contributed by atoms with Gasteiger partial charge in [-0.2, -0.15) is 0 Å². The normalized spacial score (nSPS) is 13.0. The molecule has 0 bridgehead atoms. The summed E-state index contributed by atoms with van der Waals surface area (Å²) >= 11 is 0. The fraction of sp³-hybridized carbons (Fsp3) is 0.333. The van der Waals surface area contributed by atoms with Crippen LogP contribution in [0.1, 0.15) is 18.7 Å². The molecule has 0 saturated heterocycles. The minimum absolute atomic E-state index is 0.0565. The van der Waals surface area contributed by atoms with Crippen molar-refractivity contribution in [3.63, 3.8) is 0 Å². The highest BCUT2D eigenvalue weighted by molar-refractivity contribution is 7.89. The lowest BCUT2D eigenvalue weighted by atomic mass is 10.2. The number of hydrogen-bond acceptors (Lipinski definition) is 5. The molecule has 2 aromatic rings. The Morgan fingerprint density at radius 3 is 2.62 bits per heavy atom. The number of sulfonamides is 1. The van der Waals surface area contributed by atoms with Gasteiger partial charge < -0.3 is 14.3 Å². The number of amides is 1. The Morgan fingerprint density at radius 1 is 1.33 bits per heavy atom. The lowest BCUT2D eigenvalue weighted by Crippen LogP contribution is -2.34. The monoisotopic (exact) mass is 353 g/mol. The Kier molecular flexibility index (Phi) is 5.25. The molecule has 8 nitrogen and oxygen atoms in total. The molecule has 130 valence electrons. The van der Waals surface area contributed by atoms with Crippen molar-refractivity contribution in [1.82, 2.24) is 14.2 Å². The summed E-state index contributed by atoms with van der Waals surface area (Å²) in [6, 6.07) is 5.41. The smallest absolute Gasteiger partial charge is 0.251 e. The highest BCUT2D eigenvalue weighted by Gasteiger charge is 2.19. The topological polar surface area (TPSA) is 102 Å². The first-order chi connectivity index (χ1) is 11.2. The Labute approximate surface area is 139 Å². The van der Waals surface area contributed by atoms with Gasteiger partial charge in [-0.3, -0.25) is 9.59 Å². The Balaban J connectivity index is 2.17. The van der Waals surface area contributed by atoms with Crippen molar-refractivity contribution in [2.75, 3.05) is 14.1 Å². The quantitative estimate of drug-likeness (QED) is 0.818. The van der Waals surface area contributed by atoms with Crippen molar-refractivity contribution in [1.29, 1.82) is 0 Å². The first-order valence-corrected chi connectivity index (χ1v) is 8.61. The second-order valence-corrected chi connectivity index (χ2v) is 7.57. The molecule has 2 rings (SSSR count). The first-order valence-electron chi connectivity index (χ1n) is 7.17. The minimum Gasteiger partial charge on any atom is -0.467 e. The number of hydrogen-bond donors (Lipinski definition) is 1. The van der Waals surface area contributed by atoms with Crippen LogP contribution in [0, 0.1) is 0 Å². The molecule has 0 radical (unpaired) electrons. The van der Waals surface area contributed by atoms with Gasteiger partial charge in [-0.05, 0) is 25.1 Å². The van der Waals surface area contributed by atoms with E-state index in [1.807, 2.05) is 0 Å². The summed E-state index contributed by atoms with van der Waals surface area (Å²) in [5.41, 5.74) is -0.464. The van der Waals surface area contributed by atoms with E-state index in [4.69, 9.17) is 4.42 Å². The van der Waals surface area contributed by atoms with Gasteiger partial charge in [0.1, 0.15) is 12.3 Å². The number of furan rings is 1. The van der Waals surface area contributed by atoms with Gasteiger partial charge in [0, 0.05) is 26.4 Å². The van der Waals surface area contributed by atoms with Crippen molar-refractivity contribution >= 4 is 15.9 Å². The van der Waals surface area contributed by atoms with Crippen LogP contribution in [0.5, 0.6) is 0 Å². The predicted octanol–water partition coefficient (Wildman–Crippen LogP) is 0.569. The fourth-order valence-electron chi connectivity index (χ4n) is 2.05. The van der Waals surface area contributed by atoms with Gasteiger partial charge in [0.15, 0.2) is 0 Å². The fourth-order valence-corrected chi connectivity index (χ4v) is 2.97. The third-order valence-electron chi connectivity index (χ3n) is 3.40. The van der Waals surface area contributed by atoms with E-state index in [0.717, 1.165) is 21.1 Å². The number of pyridine rings is 1. The van der Waals surface area contributed by atoms with E-state index in [1.54, 1.807) is 19.1 Å². The summed E-state index contributed by atoms with van der Waals surface area (Å²) in [5, 5.41) is 2.69. The van der Waals surface area contributed by atoms with Crippen LogP contribution >= 0.6 is 0 Å². The number of carbonyl (C=O) groups is 1. The van der Waals surface area contributed by atoms with Crippen molar-refractivity contribution in [2.45, 2.75) is 24.4 Å². The lowest BCUT2D eigenvalue weighted by Gasteiger charge is -2.14. The Bertz CT molecular complexity index is 869. The predicted molar refractivity (Wildman–Crippen MR) is 86.8 cm³/mol. The zero-order valence-corrected chi connectivity index (χ0v) is 14.4. The maximum absolute atomic E-state index is 12.1. The number of nitrogens with zero attached hydrogens (tertiary/aromatic N) is 2. The lowest BCUT2D eigenvalue weighted by molar-refractivity contribution is -0.122. The molecule has 0 aliphatic rings. The van der Waals surface area contributed by atoms with Crippen molar-refractivity contribution in [3.05, 3.63) is 52.8 Å². The van der Waals surface area contributed by atoms with E-state index in [-0.39, 0.29) is 17.5 Å². The van der Waals surface area contributed by atoms with Gasteiger partial charge in [-0.15, -0.1) is 0 Å². The molecular weight excluding hydrogens is 334 g/mol. The summed E-state index contributed by atoms with van der Waals surface area (Å²) < 4.78 is 31.5. The molecule has 0 aromatic carbocycles. The third kappa shape index (κ3) is 3.92. The van der Waals surface area contributed by atoms with E-state index in [9.17, 15) is 18.0 Å². The molecule has 0 spiro atoms. The molecule has 24 heavy (non-hydrogen) atoms. The number of rotatable bonds is 6. The van der Waals surface area contributed by atoms with Crippen molar-refractivity contribution < 1.29 is 17.6 Å². The first kappa shape index (κ1) is 18.0.